The molecule has 0 bridgehead atoms. The second kappa shape index (κ2) is 7.73. The van der Waals surface area contributed by atoms with Crippen molar-refractivity contribution in [2.45, 2.75) is 19.5 Å². The molecule has 1 aliphatic rings. The SMILES string of the molecule is NCc1ccc2c(c1)CN(c1c(N)c(=O)c1=O)CC2.O=C(O)c1cccs1. The minimum Gasteiger partial charge on any atom is -0.477 e. The van der Waals surface area contributed by atoms with Gasteiger partial charge in [-0.05, 0) is 34.6 Å². The van der Waals surface area contributed by atoms with Gasteiger partial charge in [0.1, 0.15) is 16.3 Å². The summed E-state index contributed by atoms with van der Waals surface area (Å²) < 4.78 is 0. The molecule has 8 heteroatoms. The van der Waals surface area contributed by atoms with Crippen molar-refractivity contribution in [3.8, 4) is 0 Å². The van der Waals surface area contributed by atoms with Gasteiger partial charge in [0.05, 0.1) is 0 Å². The number of anilines is 2. The van der Waals surface area contributed by atoms with Gasteiger partial charge < -0.3 is 21.5 Å². The quantitative estimate of drug-likeness (QED) is 0.581. The van der Waals surface area contributed by atoms with Gasteiger partial charge in [-0.3, -0.25) is 9.59 Å². The number of thiophene rings is 1. The van der Waals surface area contributed by atoms with E-state index in [2.05, 4.69) is 12.1 Å². The van der Waals surface area contributed by atoms with E-state index in [9.17, 15) is 14.4 Å². The first-order chi connectivity index (χ1) is 12.9. The number of carbonyl (C=O) groups is 1. The van der Waals surface area contributed by atoms with Crippen LogP contribution in [0, 0.1) is 0 Å². The normalized spacial score (nSPS) is 13.0. The Bertz CT molecular complexity index is 1040. The summed E-state index contributed by atoms with van der Waals surface area (Å²) in [6, 6.07) is 9.46. The maximum absolute atomic E-state index is 11.6. The minimum atomic E-state index is -0.847. The third-order valence-corrected chi connectivity index (χ3v) is 5.35. The molecule has 0 aliphatic carbocycles. The van der Waals surface area contributed by atoms with E-state index in [1.807, 2.05) is 11.0 Å². The fourth-order valence-electron chi connectivity index (χ4n) is 3.04. The van der Waals surface area contributed by atoms with Crippen LogP contribution in [0.25, 0.3) is 0 Å². The molecule has 2 aromatic carbocycles. The van der Waals surface area contributed by atoms with E-state index >= 15 is 0 Å². The van der Waals surface area contributed by atoms with Crippen molar-refractivity contribution in [1.29, 1.82) is 0 Å². The molecule has 2 heterocycles. The first-order valence-corrected chi connectivity index (χ1v) is 9.21. The second-order valence-electron chi connectivity index (χ2n) is 6.18. The molecule has 4 rings (SSSR count). The Morgan fingerprint density at radius 3 is 2.52 bits per heavy atom. The minimum absolute atomic E-state index is 0.100. The van der Waals surface area contributed by atoms with E-state index in [0.29, 0.717) is 30.2 Å². The summed E-state index contributed by atoms with van der Waals surface area (Å²) in [5.41, 5.74) is 14.2. The molecule has 0 amide bonds. The van der Waals surface area contributed by atoms with Crippen molar-refractivity contribution in [3.63, 3.8) is 0 Å². The zero-order valence-electron chi connectivity index (χ0n) is 14.5. The van der Waals surface area contributed by atoms with Gasteiger partial charge in [0.2, 0.25) is 0 Å². The van der Waals surface area contributed by atoms with E-state index in [1.54, 1.807) is 17.5 Å². The number of nitrogens with zero attached hydrogens (tertiary/aromatic N) is 1. The molecule has 5 N–H and O–H groups in total. The van der Waals surface area contributed by atoms with Crippen LogP contribution in [0.15, 0.2) is 45.3 Å². The number of carboxylic acid groups (broad SMARTS) is 1. The lowest BCUT2D eigenvalue weighted by Crippen LogP contribution is -2.44. The maximum Gasteiger partial charge on any atom is 0.345 e. The van der Waals surface area contributed by atoms with Gasteiger partial charge in [0, 0.05) is 19.6 Å². The molecule has 3 aromatic rings. The van der Waals surface area contributed by atoms with E-state index in [4.69, 9.17) is 16.6 Å². The lowest BCUT2D eigenvalue weighted by molar-refractivity contribution is 0.0702. The predicted molar refractivity (Wildman–Crippen MR) is 106 cm³/mol. The Hall–Kier alpha value is -2.97. The molecule has 0 saturated carbocycles. The number of fused-ring (bicyclic) bond motifs is 1. The van der Waals surface area contributed by atoms with Crippen molar-refractivity contribution in [3.05, 3.63) is 77.7 Å². The number of nitrogen functional groups attached to an aromatic ring is 1. The lowest BCUT2D eigenvalue weighted by Gasteiger charge is -2.31. The molecule has 0 unspecified atom stereocenters. The first-order valence-electron chi connectivity index (χ1n) is 8.33. The van der Waals surface area contributed by atoms with Gasteiger partial charge in [0.15, 0.2) is 0 Å². The number of nitrogens with two attached hydrogens (primary N) is 2. The summed E-state index contributed by atoms with van der Waals surface area (Å²) in [6.07, 6.45) is 0.846. The third-order valence-electron chi connectivity index (χ3n) is 4.49. The molecule has 0 atom stereocenters. The van der Waals surface area contributed by atoms with E-state index in [0.717, 1.165) is 17.5 Å². The lowest BCUT2D eigenvalue weighted by atomic mass is 9.96. The van der Waals surface area contributed by atoms with Crippen LogP contribution < -0.4 is 27.2 Å². The summed E-state index contributed by atoms with van der Waals surface area (Å²) in [5, 5.41) is 10.0. The standard InChI is InChI=1S/C14H15N3O2.C5H4O2S/c15-6-8-1-2-9-3-4-17(7-10(9)5-8)12-11(16)13(18)14(12)19;6-5(7)4-2-1-3-8-4/h1-2,5H,3-4,6-7,15-16H2;1-3H,(H,6,7). The number of benzene rings is 1. The molecule has 140 valence electrons. The van der Waals surface area contributed by atoms with E-state index < -0.39 is 16.8 Å². The van der Waals surface area contributed by atoms with Gasteiger partial charge in [-0.2, -0.15) is 0 Å². The molecule has 0 radical (unpaired) electrons. The fourth-order valence-corrected chi connectivity index (χ4v) is 3.60. The third kappa shape index (κ3) is 3.76. The van der Waals surface area contributed by atoms with Crippen molar-refractivity contribution >= 4 is 28.7 Å². The number of rotatable bonds is 3. The smallest absolute Gasteiger partial charge is 0.345 e. The molecular formula is C19H19N3O4S. The van der Waals surface area contributed by atoms with Crippen LogP contribution in [0.5, 0.6) is 0 Å². The van der Waals surface area contributed by atoms with Crippen LogP contribution in [0.3, 0.4) is 0 Å². The highest BCUT2D eigenvalue weighted by Crippen LogP contribution is 2.26. The van der Waals surface area contributed by atoms with Gasteiger partial charge in [-0.25, -0.2) is 4.79 Å². The summed E-state index contributed by atoms with van der Waals surface area (Å²) in [5.74, 6) is -0.847. The monoisotopic (exact) mass is 385 g/mol. The van der Waals surface area contributed by atoms with Crippen molar-refractivity contribution in [2.24, 2.45) is 5.73 Å². The Labute approximate surface area is 159 Å². The summed E-state index contributed by atoms with van der Waals surface area (Å²) in [4.78, 5) is 35.1. The van der Waals surface area contributed by atoms with Crippen LogP contribution in [0.1, 0.15) is 26.4 Å². The van der Waals surface area contributed by atoms with Crippen molar-refractivity contribution in [1.82, 2.24) is 0 Å². The molecule has 7 nitrogen and oxygen atoms in total. The topological polar surface area (TPSA) is 127 Å². The van der Waals surface area contributed by atoms with E-state index in [-0.39, 0.29) is 5.69 Å². The Morgan fingerprint density at radius 1 is 1.19 bits per heavy atom. The Morgan fingerprint density at radius 2 is 1.96 bits per heavy atom. The molecule has 27 heavy (non-hydrogen) atoms. The second-order valence-corrected chi connectivity index (χ2v) is 7.13. The number of hydrogen-bond acceptors (Lipinski definition) is 7. The van der Waals surface area contributed by atoms with Crippen LogP contribution in [-0.2, 0) is 19.5 Å². The van der Waals surface area contributed by atoms with Crippen LogP contribution >= 0.6 is 11.3 Å². The molecule has 0 saturated heterocycles. The maximum atomic E-state index is 11.6. The van der Waals surface area contributed by atoms with Gasteiger partial charge in [-0.15, -0.1) is 11.3 Å². The van der Waals surface area contributed by atoms with Crippen molar-refractivity contribution in [2.75, 3.05) is 17.2 Å². The first kappa shape index (κ1) is 18.8. The molecule has 0 spiro atoms. The van der Waals surface area contributed by atoms with E-state index in [1.165, 1.54) is 16.9 Å². The average Bonchev–Trinajstić information content (AvgIpc) is 3.23. The largest absolute Gasteiger partial charge is 0.477 e. The molecular weight excluding hydrogens is 366 g/mol. The van der Waals surface area contributed by atoms with Crippen LogP contribution in [-0.4, -0.2) is 17.6 Å². The molecule has 0 fully saturated rings. The highest BCUT2D eigenvalue weighted by Gasteiger charge is 2.26. The fraction of sp³-hybridized carbons (Fsp3) is 0.211. The Balaban J connectivity index is 0.000000221. The Kier molecular flexibility index (Phi) is 5.38. The number of aromatic carboxylic acids is 1. The van der Waals surface area contributed by atoms with Crippen LogP contribution in [0.2, 0.25) is 0 Å². The zero-order valence-corrected chi connectivity index (χ0v) is 15.3. The molecule has 1 aliphatic heterocycles. The van der Waals surface area contributed by atoms with Crippen LogP contribution in [0.4, 0.5) is 11.4 Å². The zero-order chi connectivity index (χ0) is 19.6. The predicted octanol–water partition coefficient (Wildman–Crippen LogP) is 1.33. The summed E-state index contributed by atoms with van der Waals surface area (Å²) in [7, 11) is 0. The number of carboxylic acids is 1. The van der Waals surface area contributed by atoms with Crippen molar-refractivity contribution < 1.29 is 9.90 Å². The van der Waals surface area contributed by atoms with Gasteiger partial charge in [-0.1, -0.05) is 24.3 Å². The van der Waals surface area contributed by atoms with Gasteiger partial charge >= 0.3 is 5.97 Å². The molecule has 1 aromatic heterocycles. The average molecular weight is 385 g/mol. The highest BCUT2D eigenvalue weighted by atomic mass is 32.1. The highest BCUT2D eigenvalue weighted by molar-refractivity contribution is 7.11. The number of hydrogen-bond donors (Lipinski definition) is 3. The summed E-state index contributed by atoms with van der Waals surface area (Å²) in [6.45, 7) is 1.82. The summed E-state index contributed by atoms with van der Waals surface area (Å²) >= 11 is 1.23. The van der Waals surface area contributed by atoms with Gasteiger partial charge in [0.25, 0.3) is 10.9 Å².